The highest BCUT2D eigenvalue weighted by Crippen LogP contribution is 2.15. The molecule has 0 aliphatic carbocycles. The number of benzene rings is 1. The number of para-hydroxylation sites is 1. The van der Waals surface area contributed by atoms with Gasteiger partial charge in [0.15, 0.2) is 5.96 Å². The highest BCUT2D eigenvalue weighted by atomic mass is 127. The molecule has 0 spiro atoms. The summed E-state index contributed by atoms with van der Waals surface area (Å²) in [6, 6.07) is 16.6. The minimum Gasteiger partial charge on any atom is -0.370 e. The molecule has 3 rings (SSSR count). The van der Waals surface area contributed by atoms with Crippen molar-refractivity contribution in [3.05, 3.63) is 60.9 Å². The molecule has 0 atom stereocenters. The quantitative estimate of drug-likeness (QED) is 0.168. The van der Waals surface area contributed by atoms with Crippen molar-refractivity contribution in [2.45, 2.75) is 25.8 Å². The minimum atomic E-state index is 0. The Morgan fingerprint density at radius 2 is 1.69 bits per heavy atom. The fourth-order valence-electron chi connectivity index (χ4n) is 3.15. The van der Waals surface area contributed by atoms with Gasteiger partial charge in [0.05, 0.1) is 0 Å². The van der Waals surface area contributed by atoms with Gasteiger partial charge in [-0.15, -0.1) is 24.0 Å². The Morgan fingerprint density at radius 1 is 0.931 bits per heavy atom. The van der Waals surface area contributed by atoms with Gasteiger partial charge in [0.1, 0.15) is 5.82 Å². The van der Waals surface area contributed by atoms with Gasteiger partial charge in [-0.05, 0) is 48.9 Å². The first-order valence-corrected chi connectivity index (χ1v) is 10.00. The summed E-state index contributed by atoms with van der Waals surface area (Å²) in [5.41, 5.74) is 1.30. The molecule has 3 aromatic rings. The number of hydrogen-bond acceptors (Lipinski definition) is 3. The third-order valence-corrected chi connectivity index (χ3v) is 4.64. The maximum absolute atomic E-state index is 4.30. The van der Waals surface area contributed by atoms with E-state index >= 15 is 0 Å². The van der Waals surface area contributed by atoms with Crippen molar-refractivity contribution in [2.75, 3.05) is 32.0 Å². The Labute approximate surface area is 190 Å². The van der Waals surface area contributed by atoms with Crippen LogP contribution in [0.1, 0.15) is 19.3 Å². The predicted octanol–water partition coefficient (Wildman–Crippen LogP) is 4.10. The number of rotatable bonds is 10. The second kappa shape index (κ2) is 13.0. The van der Waals surface area contributed by atoms with Gasteiger partial charge in [0.2, 0.25) is 0 Å². The average molecular weight is 506 g/mol. The zero-order chi connectivity index (χ0) is 19.4. The molecule has 0 saturated heterocycles. The fourth-order valence-corrected chi connectivity index (χ4v) is 3.15. The van der Waals surface area contributed by atoms with Crippen molar-refractivity contribution in [3.8, 4) is 0 Å². The van der Waals surface area contributed by atoms with E-state index in [1.54, 1.807) is 6.20 Å². The molecule has 1 aromatic carbocycles. The van der Waals surface area contributed by atoms with Gasteiger partial charge < -0.3 is 20.5 Å². The summed E-state index contributed by atoms with van der Waals surface area (Å²) in [4.78, 5) is 8.56. The van der Waals surface area contributed by atoms with Crippen LogP contribution in [0, 0.1) is 0 Å². The van der Waals surface area contributed by atoms with Crippen molar-refractivity contribution < 1.29 is 0 Å². The van der Waals surface area contributed by atoms with Crippen molar-refractivity contribution in [2.24, 2.45) is 4.99 Å². The number of halogens is 1. The molecular formula is C22H31IN6. The van der Waals surface area contributed by atoms with Gasteiger partial charge in [-0.3, -0.25) is 4.99 Å². The highest BCUT2D eigenvalue weighted by molar-refractivity contribution is 14.0. The predicted molar refractivity (Wildman–Crippen MR) is 133 cm³/mol. The first kappa shape index (κ1) is 23.0. The molecular weight excluding hydrogens is 475 g/mol. The van der Waals surface area contributed by atoms with Crippen LogP contribution in [-0.2, 0) is 6.54 Å². The zero-order valence-corrected chi connectivity index (χ0v) is 19.3. The van der Waals surface area contributed by atoms with E-state index in [2.05, 4.69) is 67.0 Å². The molecule has 0 saturated carbocycles. The Kier molecular flexibility index (Phi) is 10.3. The molecule has 29 heavy (non-hydrogen) atoms. The van der Waals surface area contributed by atoms with Gasteiger partial charge in [0, 0.05) is 51.1 Å². The lowest BCUT2D eigenvalue weighted by Crippen LogP contribution is -2.38. The van der Waals surface area contributed by atoms with Crippen molar-refractivity contribution in [1.82, 2.24) is 20.2 Å². The number of aliphatic imine (C=N–C) groups is 1. The maximum atomic E-state index is 4.30. The number of pyridine rings is 1. The molecule has 0 amide bonds. The van der Waals surface area contributed by atoms with E-state index in [0.29, 0.717) is 0 Å². The molecule has 2 heterocycles. The van der Waals surface area contributed by atoms with E-state index in [9.17, 15) is 0 Å². The van der Waals surface area contributed by atoms with Crippen LogP contribution in [0.5, 0.6) is 0 Å². The van der Waals surface area contributed by atoms with Gasteiger partial charge >= 0.3 is 0 Å². The lowest BCUT2D eigenvalue weighted by Gasteiger charge is -2.12. The van der Waals surface area contributed by atoms with E-state index in [0.717, 1.165) is 57.2 Å². The summed E-state index contributed by atoms with van der Waals surface area (Å²) < 4.78 is 2.31. The average Bonchev–Trinajstić information content (AvgIpc) is 3.16. The van der Waals surface area contributed by atoms with Crippen LogP contribution in [0.4, 0.5) is 5.82 Å². The molecule has 2 aromatic heterocycles. The third kappa shape index (κ3) is 7.56. The Bertz CT molecular complexity index is 862. The Balaban J connectivity index is 0.00000300. The molecule has 0 bridgehead atoms. The van der Waals surface area contributed by atoms with Crippen molar-refractivity contribution >= 4 is 46.7 Å². The minimum absolute atomic E-state index is 0. The van der Waals surface area contributed by atoms with Gasteiger partial charge in [0.25, 0.3) is 0 Å². The van der Waals surface area contributed by atoms with E-state index in [1.165, 1.54) is 10.9 Å². The molecule has 6 nitrogen and oxygen atoms in total. The van der Waals surface area contributed by atoms with Crippen molar-refractivity contribution in [1.29, 1.82) is 0 Å². The Morgan fingerprint density at radius 3 is 2.48 bits per heavy atom. The van der Waals surface area contributed by atoms with Crippen LogP contribution in [-0.4, -0.2) is 42.2 Å². The summed E-state index contributed by atoms with van der Waals surface area (Å²) in [6.07, 6.45) is 7.18. The summed E-state index contributed by atoms with van der Waals surface area (Å²) in [6.45, 7) is 3.73. The molecule has 0 aliphatic rings. The van der Waals surface area contributed by atoms with Crippen LogP contribution in [0.15, 0.2) is 65.9 Å². The smallest absolute Gasteiger partial charge is 0.190 e. The summed E-state index contributed by atoms with van der Waals surface area (Å²) in [7, 11) is 1.82. The van der Waals surface area contributed by atoms with E-state index < -0.39 is 0 Å². The molecule has 156 valence electrons. The van der Waals surface area contributed by atoms with Crippen LogP contribution < -0.4 is 16.0 Å². The summed E-state index contributed by atoms with van der Waals surface area (Å²) in [5, 5.41) is 11.4. The third-order valence-electron chi connectivity index (χ3n) is 4.64. The number of nitrogens with one attached hydrogen (secondary N) is 3. The largest absolute Gasteiger partial charge is 0.370 e. The van der Waals surface area contributed by atoms with Gasteiger partial charge in [-0.1, -0.05) is 24.3 Å². The Hall–Kier alpha value is -2.29. The highest BCUT2D eigenvalue weighted by Gasteiger charge is 2.01. The monoisotopic (exact) mass is 506 g/mol. The zero-order valence-electron chi connectivity index (χ0n) is 17.0. The van der Waals surface area contributed by atoms with Crippen LogP contribution >= 0.6 is 24.0 Å². The van der Waals surface area contributed by atoms with Crippen molar-refractivity contribution in [3.63, 3.8) is 0 Å². The number of fused-ring (bicyclic) bond motifs is 1. The topological polar surface area (TPSA) is 66.3 Å². The number of unbranched alkanes of at least 4 members (excludes halogenated alkanes) is 1. The second-order valence-electron chi connectivity index (χ2n) is 6.70. The molecule has 0 radical (unpaired) electrons. The van der Waals surface area contributed by atoms with E-state index in [4.69, 9.17) is 0 Å². The summed E-state index contributed by atoms with van der Waals surface area (Å²) >= 11 is 0. The molecule has 0 unspecified atom stereocenters. The number of aryl methyl sites for hydroxylation is 1. The molecule has 0 fully saturated rings. The van der Waals surface area contributed by atoms with Gasteiger partial charge in [-0.25, -0.2) is 4.98 Å². The standard InChI is InChI=1S/C22H30N6.HI/c1-23-22(26-15-7-6-14-25-21-11-4-5-13-24-21)27-16-8-17-28-18-12-19-9-2-3-10-20(19)28;/h2-5,9-13,18H,6-8,14-17H2,1H3,(H,24,25)(H2,23,26,27);1H. The maximum Gasteiger partial charge on any atom is 0.190 e. The van der Waals surface area contributed by atoms with Crippen LogP contribution in [0.3, 0.4) is 0 Å². The normalized spacial score (nSPS) is 11.1. The second-order valence-corrected chi connectivity index (χ2v) is 6.70. The SMILES string of the molecule is CN=C(NCCCCNc1ccccn1)NCCCn1ccc2ccccc21.I. The molecule has 3 N–H and O–H groups in total. The number of aromatic nitrogens is 2. The molecule has 7 heteroatoms. The first-order valence-electron chi connectivity index (χ1n) is 10.00. The van der Waals surface area contributed by atoms with E-state index in [1.807, 2.05) is 25.2 Å². The first-order chi connectivity index (χ1) is 13.9. The number of nitrogens with zero attached hydrogens (tertiary/aromatic N) is 3. The van der Waals surface area contributed by atoms with Crippen LogP contribution in [0.25, 0.3) is 10.9 Å². The lowest BCUT2D eigenvalue weighted by molar-refractivity contribution is 0.637. The molecule has 0 aliphatic heterocycles. The number of anilines is 1. The fraction of sp³-hybridized carbons (Fsp3) is 0.364. The van der Waals surface area contributed by atoms with Gasteiger partial charge in [-0.2, -0.15) is 0 Å². The van der Waals surface area contributed by atoms with E-state index in [-0.39, 0.29) is 24.0 Å². The summed E-state index contributed by atoms with van der Waals surface area (Å²) in [5.74, 6) is 1.80. The lowest BCUT2D eigenvalue weighted by atomic mass is 10.2. The number of hydrogen-bond donors (Lipinski definition) is 3. The number of guanidine groups is 1. The van der Waals surface area contributed by atoms with Crippen LogP contribution in [0.2, 0.25) is 0 Å².